The molecule has 0 saturated carbocycles. The molecule has 1 heterocycles. The van der Waals surface area contributed by atoms with Gasteiger partial charge in [0.05, 0.1) is 0 Å². The summed E-state index contributed by atoms with van der Waals surface area (Å²) in [6, 6.07) is 0. The summed E-state index contributed by atoms with van der Waals surface area (Å²) < 4.78 is 0.869. The monoisotopic (exact) mass is 267 g/mol. The Morgan fingerprint density at radius 2 is 2.00 bits per heavy atom. The molecule has 2 heteroatoms. The van der Waals surface area contributed by atoms with Gasteiger partial charge in [-0.05, 0) is 30.8 Å². The summed E-state index contributed by atoms with van der Waals surface area (Å²) in [5, 5.41) is 3.47. The van der Waals surface area contributed by atoms with E-state index < -0.39 is 0 Å². The number of alkyl halides is 1. The summed E-state index contributed by atoms with van der Waals surface area (Å²) in [6.07, 6.45) is 1.34. The molecule has 0 radical (unpaired) electrons. The van der Waals surface area contributed by atoms with Gasteiger partial charge in [0.1, 0.15) is 0 Å². The summed E-state index contributed by atoms with van der Waals surface area (Å²) in [5.74, 6) is 0.844. The highest BCUT2D eigenvalue weighted by atomic mass is 127. The Morgan fingerprint density at radius 1 is 1.36 bits per heavy atom. The first kappa shape index (κ1) is 9.78. The second-order valence-electron chi connectivity index (χ2n) is 4.48. The Bertz CT molecular complexity index is 128. The van der Waals surface area contributed by atoms with E-state index in [1.807, 2.05) is 0 Å². The van der Waals surface area contributed by atoms with Gasteiger partial charge in [-0.2, -0.15) is 0 Å². The lowest BCUT2D eigenvalue weighted by molar-refractivity contribution is 0.207. The van der Waals surface area contributed by atoms with E-state index >= 15 is 0 Å². The maximum atomic E-state index is 3.47. The number of halogens is 1. The molecule has 0 amide bonds. The first-order chi connectivity index (χ1) is 5.02. The van der Waals surface area contributed by atoms with Crippen LogP contribution in [0.15, 0.2) is 0 Å². The van der Waals surface area contributed by atoms with Crippen LogP contribution in [0.4, 0.5) is 0 Å². The molecule has 0 aromatic rings. The zero-order valence-corrected chi connectivity index (χ0v) is 9.81. The van der Waals surface area contributed by atoms with E-state index in [9.17, 15) is 0 Å². The summed E-state index contributed by atoms with van der Waals surface area (Å²) in [5.41, 5.74) is 0.472. The Labute approximate surface area is 83.5 Å². The molecule has 1 saturated heterocycles. The molecule has 1 nitrogen and oxygen atoms in total. The van der Waals surface area contributed by atoms with Crippen molar-refractivity contribution < 1.29 is 0 Å². The highest BCUT2D eigenvalue weighted by Crippen LogP contribution is 2.34. The number of hydrogen-bond donors (Lipinski definition) is 1. The lowest BCUT2D eigenvalue weighted by atomic mass is 9.77. The quantitative estimate of drug-likeness (QED) is 0.525. The molecule has 1 fully saturated rings. The third kappa shape index (κ3) is 2.58. The highest BCUT2D eigenvalue weighted by Gasteiger charge is 2.32. The van der Waals surface area contributed by atoms with Gasteiger partial charge in [0.15, 0.2) is 0 Å². The van der Waals surface area contributed by atoms with Gasteiger partial charge in [-0.1, -0.05) is 43.4 Å². The minimum absolute atomic E-state index is 0.472. The second kappa shape index (κ2) is 3.60. The van der Waals surface area contributed by atoms with Crippen molar-refractivity contribution in [3.8, 4) is 0 Å². The smallest absolute Gasteiger partial charge is 0.0167 e. The molecular formula is C9H18IN. The topological polar surface area (TPSA) is 12.0 Å². The van der Waals surface area contributed by atoms with Gasteiger partial charge in [0, 0.05) is 3.92 Å². The van der Waals surface area contributed by atoms with Crippen LogP contribution in [0.2, 0.25) is 0 Å². The van der Waals surface area contributed by atoms with E-state index in [1.54, 1.807) is 0 Å². The van der Waals surface area contributed by atoms with Crippen molar-refractivity contribution in [2.45, 2.75) is 31.1 Å². The maximum Gasteiger partial charge on any atom is 0.0167 e. The SMILES string of the molecule is CC(C)(C)C1CNCCC1I. The Morgan fingerprint density at radius 3 is 2.36 bits per heavy atom. The average molecular weight is 267 g/mol. The molecule has 0 bridgehead atoms. The first-order valence-corrected chi connectivity index (χ1v) is 5.61. The maximum absolute atomic E-state index is 3.47. The molecule has 1 N–H and O–H groups in total. The number of hydrogen-bond acceptors (Lipinski definition) is 1. The standard InChI is InChI=1S/C9H18IN/c1-9(2,3)7-6-11-5-4-8(7)10/h7-8,11H,4-6H2,1-3H3. The second-order valence-corrected chi connectivity index (χ2v) is 6.08. The fraction of sp³-hybridized carbons (Fsp3) is 1.00. The van der Waals surface area contributed by atoms with Crippen LogP contribution in [0.1, 0.15) is 27.2 Å². The fourth-order valence-corrected chi connectivity index (χ4v) is 3.32. The lowest BCUT2D eigenvalue weighted by Crippen LogP contribution is -2.43. The van der Waals surface area contributed by atoms with Crippen LogP contribution in [-0.2, 0) is 0 Å². The van der Waals surface area contributed by atoms with Crippen molar-refractivity contribution in [3.63, 3.8) is 0 Å². The lowest BCUT2D eigenvalue weighted by Gasteiger charge is -2.38. The van der Waals surface area contributed by atoms with Crippen LogP contribution < -0.4 is 5.32 Å². The predicted octanol–water partition coefficient (Wildman–Crippen LogP) is 2.45. The largest absolute Gasteiger partial charge is 0.316 e. The van der Waals surface area contributed by atoms with Crippen LogP contribution in [0.5, 0.6) is 0 Å². The molecule has 0 spiro atoms. The Hall–Kier alpha value is 0.690. The molecular weight excluding hydrogens is 249 g/mol. The van der Waals surface area contributed by atoms with Crippen molar-refractivity contribution >= 4 is 22.6 Å². The van der Waals surface area contributed by atoms with Gasteiger partial charge in [-0.15, -0.1) is 0 Å². The van der Waals surface area contributed by atoms with E-state index in [0.717, 1.165) is 9.84 Å². The van der Waals surface area contributed by atoms with Gasteiger partial charge in [0.2, 0.25) is 0 Å². The van der Waals surface area contributed by atoms with Crippen molar-refractivity contribution in [1.82, 2.24) is 5.32 Å². The molecule has 1 aliphatic heterocycles. The van der Waals surface area contributed by atoms with Crippen molar-refractivity contribution in [2.24, 2.45) is 11.3 Å². The van der Waals surface area contributed by atoms with E-state index in [-0.39, 0.29) is 0 Å². The molecule has 11 heavy (non-hydrogen) atoms. The summed E-state index contributed by atoms with van der Waals surface area (Å²) in [4.78, 5) is 0. The van der Waals surface area contributed by atoms with Crippen LogP contribution >= 0.6 is 22.6 Å². The van der Waals surface area contributed by atoms with Crippen LogP contribution in [-0.4, -0.2) is 17.0 Å². The summed E-state index contributed by atoms with van der Waals surface area (Å²) in [7, 11) is 0. The molecule has 0 aromatic carbocycles. The minimum Gasteiger partial charge on any atom is -0.316 e. The first-order valence-electron chi connectivity index (χ1n) is 4.36. The zero-order valence-electron chi connectivity index (χ0n) is 7.65. The summed E-state index contributed by atoms with van der Waals surface area (Å²) in [6.45, 7) is 9.44. The third-order valence-corrected chi connectivity index (χ3v) is 4.00. The van der Waals surface area contributed by atoms with Crippen molar-refractivity contribution in [2.75, 3.05) is 13.1 Å². The van der Waals surface area contributed by atoms with E-state index in [1.165, 1.54) is 19.5 Å². The van der Waals surface area contributed by atoms with E-state index in [4.69, 9.17) is 0 Å². The predicted molar refractivity (Wildman–Crippen MR) is 58.2 cm³/mol. The minimum atomic E-state index is 0.472. The molecule has 1 aliphatic rings. The van der Waals surface area contributed by atoms with Gasteiger partial charge < -0.3 is 5.32 Å². The van der Waals surface area contributed by atoms with Gasteiger partial charge in [0.25, 0.3) is 0 Å². The zero-order chi connectivity index (χ0) is 8.48. The fourth-order valence-electron chi connectivity index (χ4n) is 1.68. The molecule has 1 rings (SSSR count). The summed E-state index contributed by atoms with van der Waals surface area (Å²) >= 11 is 2.60. The number of nitrogens with one attached hydrogen (secondary N) is 1. The van der Waals surface area contributed by atoms with E-state index in [2.05, 4.69) is 48.7 Å². The normalized spacial score (nSPS) is 33.8. The average Bonchev–Trinajstić information content (AvgIpc) is 1.86. The van der Waals surface area contributed by atoms with Crippen LogP contribution in [0.25, 0.3) is 0 Å². The Balaban J connectivity index is 2.55. The van der Waals surface area contributed by atoms with Crippen LogP contribution in [0, 0.1) is 11.3 Å². The molecule has 2 unspecified atom stereocenters. The number of rotatable bonds is 0. The van der Waals surface area contributed by atoms with Gasteiger partial charge in [-0.25, -0.2) is 0 Å². The van der Waals surface area contributed by atoms with Gasteiger partial charge >= 0.3 is 0 Å². The van der Waals surface area contributed by atoms with Crippen molar-refractivity contribution in [1.29, 1.82) is 0 Å². The molecule has 0 aliphatic carbocycles. The highest BCUT2D eigenvalue weighted by molar-refractivity contribution is 14.1. The van der Waals surface area contributed by atoms with Gasteiger partial charge in [-0.3, -0.25) is 0 Å². The molecule has 66 valence electrons. The number of piperidine rings is 1. The third-order valence-electron chi connectivity index (χ3n) is 2.51. The van der Waals surface area contributed by atoms with Crippen molar-refractivity contribution in [3.05, 3.63) is 0 Å². The van der Waals surface area contributed by atoms with E-state index in [0.29, 0.717) is 5.41 Å². The Kier molecular flexibility index (Phi) is 3.20. The van der Waals surface area contributed by atoms with Crippen LogP contribution in [0.3, 0.4) is 0 Å². The molecule has 0 aromatic heterocycles. The molecule has 2 atom stereocenters.